The van der Waals surface area contributed by atoms with Crippen molar-refractivity contribution in [2.45, 2.75) is 25.3 Å². The van der Waals surface area contributed by atoms with Crippen LogP contribution in [0, 0.1) is 5.92 Å². The van der Waals surface area contributed by atoms with Crippen molar-refractivity contribution < 1.29 is 14.0 Å². The van der Waals surface area contributed by atoms with Gasteiger partial charge in [-0.15, -0.1) is 12.4 Å². The van der Waals surface area contributed by atoms with Crippen molar-refractivity contribution in [2.75, 3.05) is 26.2 Å². The van der Waals surface area contributed by atoms with Crippen molar-refractivity contribution in [1.29, 1.82) is 0 Å². The molecule has 2 unspecified atom stereocenters. The van der Waals surface area contributed by atoms with Gasteiger partial charge in [0.05, 0.1) is 6.26 Å². The number of halogens is 1. The molecule has 0 spiro atoms. The predicted octanol–water partition coefficient (Wildman–Crippen LogP) is 1.11. The van der Waals surface area contributed by atoms with E-state index in [0.717, 1.165) is 19.3 Å². The van der Waals surface area contributed by atoms with Gasteiger partial charge in [-0.05, 0) is 31.4 Å². The van der Waals surface area contributed by atoms with Crippen LogP contribution in [0.5, 0.6) is 0 Å². The molecular formula is C15H22ClN3O3. The lowest BCUT2D eigenvalue weighted by Crippen LogP contribution is -2.51. The van der Waals surface area contributed by atoms with Crippen molar-refractivity contribution in [1.82, 2.24) is 9.80 Å². The van der Waals surface area contributed by atoms with E-state index in [2.05, 4.69) is 0 Å². The third kappa shape index (κ3) is 3.44. The highest BCUT2D eigenvalue weighted by Gasteiger charge is 2.33. The molecule has 2 heterocycles. The van der Waals surface area contributed by atoms with Crippen LogP contribution in [-0.2, 0) is 4.79 Å². The number of nitrogens with two attached hydrogens (primary N) is 1. The van der Waals surface area contributed by atoms with Crippen LogP contribution in [-0.4, -0.2) is 53.8 Å². The second kappa shape index (κ2) is 7.15. The van der Waals surface area contributed by atoms with E-state index >= 15 is 0 Å². The number of amides is 2. The maximum Gasteiger partial charge on any atom is 0.289 e. The van der Waals surface area contributed by atoms with E-state index in [4.69, 9.17) is 10.2 Å². The predicted molar refractivity (Wildman–Crippen MR) is 83.8 cm³/mol. The molecule has 22 heavy (non-hydrogen) atoms. The summed E-state index contributed by atoms with van der Waals surface area (Å²) in [5.74, 6) is 0.534. The number of hydrogen-bond acceptors (Lipinski definition) is 4. The molecule has 2 atom stereocenters. The van der Waals surface area contributed by atoms with Crippen molar-refractivity contribution >= 4 is 24.2 Å². The van der Waals surface area contributed by atoms with Crippen LogP contribution in [0.4, 0.5) is 0 Å². The van der Waals surface area contributed by atoms with Gasteiger partial charge in [0.25, 0.3) is 5.91 Å². The number of furan rings is 1. The van der Waals surface area contributed by atoms with Gasteiger partial charge in [0.1, 0.15) is 0 Å². The zero-order valence-corrected chi connectivity index (χ0v) is 13.3. The lowest BCUT2D eigenvalue weighted by Gasteiger charge is -2.35. The minimum Gasteiger partial charge on any atom is -0.459 e. The number of carbonyl (C=O) groups is 2. The molecule has 2 aliphatic rings. The smallest absolute Gasteiger partial charge is 0.289 e. The lowest BCUT2D eigenvalue weighted by atomic mass is 10.1. The number of rotatable bonds is 2. The van der Waals surface area contributed by atoms with E-state index in [1.54, 1.807) is 17.0 Å². The Morgan fingerprint density at radius 2 is 1.82 bits per heavy atom. The molecule has 1 aromatic rings. The lowest BCUT2D eigenvalue weighted by molar-refractivity contribution is -0.136. The maximum atomic E-state index is 12.4. The minimum absolute atomic E-state index is 0. The Morgan fingerprint density at radius 1 is 1.14 bits per heavy atom. The van der Waals surface area contributed by atoms with Crippen LogP contribution in [0.3, 0.4) is 0 Å². The third-order valence-electron chi connectivity index (χ3n) is 4.43. The Balaban J connectivity index is 0.00000176. The Morgan fingerprint density at radius 3 is 2.36 bits per heavy atom. The topological polar surface area (TPSA) is 79.8 Å². The van der Waals surface area contributed by atoms with Crippen molar-refractivity contribution in [3.8, 4) is 0 Å². The molecular weight excluding hydrogens is 306 g/mol. The first-order valence-electron chi connectivity index (χ1n) is 7.52. The highest BCUT2D eigenvalue weighted by atomic mass is 35.5. The van der Waals surface area contributed by atoms with Crippen LogP contribution in [0.2, 0.25) is 0 Å². The summed E-state index contributed by atoms with van der Waals surface area (Å²) in [5.41, 5.74) is 5.87. The van der Waals surface area contributed by atoms with Crippen LogP contribution < -0.4 is 5.73 Å². The average Bonchev–Trinajstić information content (AvgIpc) is 3.17. The van der Waals surface area contributed by atoms with Crippen LogP contribution in [0.25, 0.3) is 0 Å². The van der Waals surface area contributed by atoms with Gasteiger partial charge in [0.2, 0.25) is 5.91 Å². The average molecular weight is 328 g/mol. The van der Waals surface area contributed by atoms with E-state index in [1.807, 2.05) is 4.90 Å². The van der Waals surface area contributed by atoms with Crippen LogP contribution in [0.1, 0.15) is 29.8 Å². The molecule has 1 aliphatic heterocycles. The molecule has 1 saturated heterocycles. The van der Waals surface area contributed by atoms with Crippen LogP contribution >= 0.6 is 12.4 Å². The first-order valence-corrected chi connectivity index (χ1v) is 7.52. The van der Waals surface area contributed by atoms with E-state index < -0.39 is 0 Å². The number of nitrogens with zero attached hydrogens (tertiary/aromatic N) is 2. The summed E-state index contributed by atoms with van der Waals surface area (Å²) in [4.78, 5) is 28.2. The first-order chi connectivity index (χ1) is 10.1. The second-order valence-corrected chi connectivity index (χ2v) is 5.86. The molecule has 2 amide bonds. The zero-order chi connectivity index (χ0) is 14.8. The Labute approximate surface area is 136 Å². The van der Waals surface area contributed by atoms with Crippen molar-refractivity contribution in [3.63, 3.8) is 0 Å². The molecule has 2 N–H and O–H groups in total. The highest BCUT2D eigenvalue weighted by Crippen LogP contribution is 2.26. The molecule has 0 bridgehead atoms. The summed E-state index contributed by atoms with van der Waals surface area (Å²) < 4.78 is 5.13. The third-order valence-corrected chi connectivity index (χ3v) is 4.43. The summed E-state index contributed by atoms with van der Waals surface area (Å²) in [6.45, 7) is 2.31. The van der Waals surface area contributed by atoms with Gasteiger partial charge in [0.15, 0.2) is 5.76 Å². The van der Waals surface area contributed by atoms with E-state index in [-0.39, 0.29) is 36.2 Å². The summed E-state index contributed by atoms with van der Waals surface area (Å²) >= 11 is 0. The molecule has 7 heteroatoms. The molecule has 0 radical (unpaired) electrons. The van der Waals surface area contributed by atoms with E-state index in [9.17, 15) is 9.59 Å². The summed E-state index contributed by atoms with van der Waals surface area (Å²) in [7, 11) is 0. The summed E-state index contributed by atoms with van der Waals surface area (Å²) in [6.07, 6.45) is 4.12. The van der Waals surface area contributed by atoms with Crippen LogP contribution in [0.15, 0.2) is 22.8 Å². The summed E-state index contributed by atoms with van der Waals surface area (Å²) in [5, 5.41) is 0. The van der Waals surface area contributed by atoms with Gasteiger partial charge in [-0.3, -0.25) is 9.59 Å². The second-order valence-electron chi connectivity index (χ2n) is 5.86. The fraction of sp³-hybridized carbons (Fsp3) is 0.600. The fourth-order valence-electron chi connectivity index (χ4n) is 3.18. The number of carbonyl (C=O) groups excluding carboxylic acids is 2. The zero-order valence-electron chi connectivity index (χ0n) is 12.4. The van der Waals surface area contributed by atoms with Gasteiger partial charge in [-0.25, -0.2) is 0 Å². The number of piperazine rings is 1. The largest absolute Gasteiger partial charge is 0.459 e. The molecule has 1 aromatic heterocycles. The Kier molecular flexibility index (Phi) is 5.47. The molecule has 122 valence electrons. The standard InChI is InChI=1S/C15H21N3O3.ClH/c16-12-4-3-11(10-12)14(19)17-5-7-18(8-6-17)15(20)13-2-1-9-21-13;/h1-2,9,11-12H,3-8,10,16H2;1H. The van der Waals surface area contributed by atoms with Gasteiger partial charge in [-0.2, -0.15) is 0 Å². The highest BCUT2D eigenvalue weighted by molar-refractivity contribution is 5.91. The monoisotopic (exact) mass is 327 g/mol. The fourth-order valence-corrected chi connectivity index (χ4v) is 3.18. The Hall–Kier alpha value is -1.53. The van der Waals surface area contributed by atoms with Gasteiger partial charge >= 0.3 is 0 Å². The number of hydrogen-bond donors (Lipinski definition) is 1. The van der Waals surface area contributed by atoms with Gasteiger partial charge in [0, 0.05) is 38.1 Å². The molecule has 3 rings (SSSR count). The van der Waals surface area contributed by atoms with E-state index in [1.165, 1.54) is 6.26 Å². The van der Waals surface area contributed by atoms with Crippen molar-refractivity contribution in [3.05, 3.63) is 24.2 Å². The SMILES string of the molecule is Cl.NC1CCC(C(=O)N2CCN(C(=O)c3ccco3)CC2)C1. The molecule has 0 aromatic carbocycles. The Bertz CT molecular complexity index is 512. The quantitative estimate of drug-likeness (QED) is 0.882. The molecule has 1 saturated carbocycles. The van der Waals surface area contributed by atoms with Gasteiger partial charge < -0.3 is 20.0 Å². The normalized spacial score (nSPS) is 25.0. The summed E-state index contributed by atoms with van der Waals surface area (Å²) in [6, 6.07) is 3.54. The maximum absolute atomic E-state index is 12.4. The minimum atomic E-state index is -0.102. The molecule has 1 aliphatic carbocycles. The van der Waals surface area contributed by atoms with Crippen molar-refractivity contribution in [2.24, 2.45) is 11.7 Å². The van der Waals surface area contributed by atoms with Gasteiger partial charge in [-0.1, -0.05) is 0 Å². The van der Waals surface area contributed by atoms with E-state index in [0.29, 0.717) is 31.9 Å². The first kappa shape index (κ1) is 16.8. The molecule has 2 fully saturated rings. The molecule has 6 nitrogen and oxygen atoms in total.